The van der Waals surface area contributed by atoms with Crippen molar-refractivity contribution >= 4 is 47.7 Å². The lowest BCUT2D eigenvalue weighted by Gasteiger charge is -2.13. The molecule has 0 radical (unpaired) electrons. The molecule has 2 aromatic carbocycles. The van der Waals surface area contributed by atoms with Crippen LogP contribution in [0.1, 0.15) is 5.56 Å². The van der Waals surface area contributed by atoms with Crippen LogP contribution in [0.15, 0.2) is 74.8 Å². The van der Waals surface area contributed by atoms with Gasteiger partial charge in [-0.3, -0.25) is 4.72 Å². The molecule has 0 amide bonds. The SMILES string of the molecule is O=S(=O)(Nc1ncc(Br)nc1OCc1ccccc1)c1ccccc1Br. The molecule has 0 aliphatic carbocycles. The summed E-state index contributed by atoms with van der Waals surface area (Å²) in [6.07, 6.45) is 1.40. The second kappa shape index (κ2) is 8.15. The van der Waals surface area contributed by atoms with E-state index in [-0.39, 0.29) is 23.2 Å². The lowest BCUT2D eigenvalue weighted by Crippen LogP contribution is -2.16. The van der Waals surface area contributed by atoms with Gasteiger partial charge < -0.3 is 4.74 Å². The van der Waals surface area contributed by atoms with Crippen LogP contribution in [0.2, 0.25) is 0 Å². The Balaban J connectivity index is 1.87. The fraction of sp³-hybridized carbons (Fsp3) is 0.0588. The maximum Gasteiger partial charge on any atom is 0.264 e. The van der Waals surface area contributed by atoms with Gasteiger partial charge in [0.15, 0.2) is 0 Å². The molecule has 0 spiro atoms. The first-order chi connectivity index (χ1) is 12.5. The van der Waals surface area contributed by atoms with Gasteiger partial charge in [-0.1, -0.05) is 42.5 Å². The van der Waals surface area contributed by atoms with Gasteiger partial charge in [0.25, 0.3) is 15.9 Å². The molecule has 3 rings (SSSR count). The van der Waals surface area contributed by atoms with Crippen LogP contribution in [0.5, 0.6) is 5.88 Å². The van der Waals surface area contributed by atoms with Gasteiger partial charge >= 0.3 is 0 Å². The molecule has 26 heavy (non-hydrogen) atoms. The third-order valence-corrected chi connectivity index (χ3v) is 6.02. The monoisotopic (exact) mass is 497 g/mol. The average molecular weight is 499 g/mol. The van der Waals surface area contributed by atoms with Crippen LogP contribution in [0.25, 0.3) is 0 Å². The largest absolute Gasteiger partial charge is 0.470 e. The third-order valence-electron chi connectivity index (χ3n) is 3.29. The lowest BCUT2D eigenvalue weighted by molar-refractivity contribution is 0.294. The summed E-state index contributed by atoms with van der Waals surface area (Å²) in [6, 6.07) is 16.0. The first-order valence-corrected chi connectivity index (χ1v) is 10.5. The van der Waals surface area contributed by atoms with Gasteiger partial charge in [0.2, 0.25) is 5.82 Å². The van der Waals surface area contributed by atoms with Crippen LogP contribution >= 0.6 is 31.9 Å². The quantitative estimate of drug-likeness (QED) is 0.545. The van der Waals surface area contributed by atoms with E-state index in [1.165, 1.54) is 12.3 Å². The van der Waals surface area contributed by atoms with E-state index < -0.39 is 10.0 Å². The normalized spacial score (nSPS) is 11.2. The predicted octanol–water partition coefficient (Wildman–Crippen LogP) is 4.38. The molecule has 0 fully saturated rings. The summed E-state index contributed by atoms with van der Waals surface area (Å²) in [5.74, 6) is 0.0961. The number of nitrogens with zero attached hydrogens (tertiary/aromatic N) is 2. The fourth-order valence-electron chi connectivity index (χ4n) is 2.09. The van der Waals surface area contributed by atoms with Crippen molar-refractivity contribution in [1.29, 1.82) is 0 Å². The summed E-state index contributed by atoms with van der Waals surface area (Å²) in [5.41, 5.74) is 0.925. The van der Waals surface area contributed by atoms with Crippen LogP contribution in [-0.4, -0.2) is 18.4 Å². The Kier molecular flexibility index (Phi) is 5.90. The number of nitrogens with one attached hydrogen (secondary N) is 1. The van der Waals surface area contributed by atoms with Crippen LogP contribution < -0.4 is 9.46 Å². The van der Waals surface area contributed by atoms with Gasteiger partial charge in [-0.2, -0.15) is 0 Å². The second-order valence-corrected chi connectivity index (χ2v) is 8.47. The average Bonchev–Trinajstić information content (AvgIpc) is 2.63. The molecule has 0 saturated heterocycles. The van der Waals surface area contributed by atoms with E-state index in [1.807, 2.05) is 30.3 Å². The molecule has 0 saturated carbocycles. The molecular weight excluding hydrogens is 486 g/mol. The van der Waals surface area contributed by atoms with Gasteiger partial charge in [-0.25, -0.2) is 18.4 Å². The number of sulfonamides is 1. The van der Waals surface area contributed by atoms with Crippen molar-refractivity contribution in [2.45, 2.75) is 11.5 Å². The topological polar surface area (TPSA) is 81.2 Å². The third kappa shape index (κ3) is 4.60. The van der Waals surface area contributed by atoms with E-state index in [4.69, 9.17) is 4.74 Å². The van der Waals surface area contributed by atoms with Crippen molar-refractivity contribution in [1.82, 2.24) is 9.97 Å². The molecular formula is C17H13Br2N3O3S. The summed E-state index contributed by atoms with van der Waals surface area (Å²) in [7, 11) is -3.86. The van der Waals surface area contributed by atoms with E-state index in [9.17, 15) is 8.42 Å². The van der Waals surface area contributed by atoms with Gasteiger partial charge in [0.05, 0.1) is 6.20 Å². The van der Waals surface area contributed by atoms with Gasteiger partial charge in [-0.15, -0.1) is 0 Å². The smallest absolute Gasteiger partial charge is 0.264 e. The molecule has 9 heteroatoms. The Labute approximate surface area is 168 Å². The first kappa shape index (κ1) is 18.8. The summed E-state index contributed by atoms with van der Waals surface area (Å²) in [4.78, 5) is 8.37. The summed E-state index contributed by atoms with van der Waals surface area (Å²) in [5, 5.41) is 0. The van der Waals surface area contributed by atoms with Crippen molar-refractivity contribution < 1.29 is 13.2 Å². The first-order valence-electron chi connectivity index (χ1n) is 7.42. The zero-order valence-corrected chi connectivity index (χ0v) is 17.3. The van der Waals surface area contributed by atoms with E-state index in [0.717, 1.165) is 5.56 Å². The molecule has 6 nitrogen and oxygen atoms in total. The number of benzene rings is 2. The van der Waals surface area contributed by atoms with Crippen LogP contribution in [0, 0.1) is 0 Å². The molecule has 1 aromatic heterocycles. The maximum atomic E-state index is 12.7. The molecule has 0 atom stereocenters. The maximum absolute atomic E-state index is 12.7. The summed E-state index contributed by atoms with van der Waals surface area (Å²) < 4.78 is 34.3. The minimum atomic E-state index is -3.86. The van der Waals surface area contributed by atoms with Crippen LogP contribution in [0.3, 0.4) is 0 Å². The standard InChI is InChI=1S/C17H13Br2N3O3S/c18-13-8-4-5-9-14(13)26(23,24)22-16-17(21-15(19)10-20-16)25-11-12-6-2-1-3-7-12/h1-10H,11H2,(H,20,22). The number of halogens is 2. The number of hydrogen-bond donors (Lipinski definition) is 1. The van der Waals surface area contributed by atoms with Gasteiger partial charge in [0, 0.05) is 4.47 Å². The van der Waals surface area contributed by atoms with Crippen molar-refractivity contribution in [3.63, 3.8) is 0 Å². The number of hydrogen-bond acceptors (Lipinski definition) is 5. The van der Waals surface area contributed by atoms with Crippen LogP contribution in [-0.2, 0) is 16.6 Å². The minimum Gasteiger partial charge on any atom is -0.470 e. The number of ether oxygens (including phenoxy) is 1. The molecule has 0 unspecified atom stereocenters. The molecule has 3 aromatic rings. The van der Waals surface area contributed by atoms with E-state index in [0.29, 0.717) is 9.08 Å². The highest BCUT2D eigenvalue weighted by Crippen LogP contribution is 2.28. The Morgan fingerprint density at radius 3 is 2.42 bits per heavy atom. The van der Waals surface area contributed by atoms with Crippen molar-refractivity contribution in [3.05, 3.63) is 75.4 Å². The molecule has 1 heterocycles. The van der Waals surface area contributed by atoms with Crippen LogP contribution in [0.4, 0.5) is 5.82 Å². The molecule has 0 aliphatic rings. The summed E-state index contributed by atoms with van der Waals surface area (Å²) >= 11 is 6.46. The highest BCUT2D eigenvalue weighted by molar-refractivity contribution is 9.10. The van der Waals surface area contributed by atoms with Crippen molar-refractivity contribution in [3.8, 4) is 5.88 Å². The Hall–Kier alpha value is -1.97. The zero-order valence-electron chi connectivity index (χ0n) is 13.3. The van der Waals surface area contributed by atoms with Crippen molar-refractivity contribution in [2.24, 2.45) is 0 Å². The Bertz CT molecular complexity index is 1010. The number of rotatable bonds is 6. The van der Waals surface area contributed by atoms with Gasteiger partial charge in [-0.05, 0) is 49.6 Å². The molecule has 134 valence electrons. The molecule has 0 aliphatic heterocycles. The predicted molar refractivity (Wildman–Crippen MR) is 105 cm³/mol. The van der Waals surface area contributed by atoms with Crippen molar-refractivity contribution in [2.75, 3.05) is 4.72 Å². The molecule has 0 bridgehead atoms. The van der Waals surface area contributed by atoms with E-state index >= 15 is 0 Å². The van der Waals surface area contributed by atoms with Gasteiger partial charge in [0.1, 0.15) is 16.1 Å². The summed E-state index contributed by atoms with van der Waals surface area (Å²) in [6.45, 7) is 0.232. The van der Waals surface area contributed by atoms with E-state index in [1.54, 1.807) is 18.2 Å². The zero-order chi connectivity index (χ0) is 18.6. The van der Waals surface area contributed by atoms with E-state index in [2.05, 4.69) is 46.5 Å². The lowest BCUT2D eigenvalue weighted by atomic mass is 10.2. The highest BCUT2D eigenvalue weighted by atomic mass is 79.9. The molecule has 1 N–H and O–H groups in total. The second-order valence-electron chi connectivity index (χ2n) is 5.16. The number of aromatic nitrogens is 2. The number of anilines is 1. The minimum absolute atomic E-state index is 0.0138. The Morgan fingerprint density at radius 1 is 1.00 bits per heavy atom. The highest BCUT2D eigenvalue weighted by Gasteiger charge is 2.21. The fourth-order valence-corrected chi connectivity index (χ4v) is 4.37. The Morgan fingerprint density at radius 2 is 1.69 bits per heavy atom.